The van der Waals surface area contributed by atoms with Gasteiger partial charge in [-0.05, 0) is 68.4 Å². The van der Waals surface area contributed by atoms with Crippen molar-refractivity contribution in [2.45, 2.75) is 47.0 Å². The van der Waals surface area contributed by atoms with Crippen molar-refractivity contribution in [3.8, 4) is 12.3 Å². The first-order valence-corrected chi connectivity index (χ1v) is 9.60. The average Bonchev–Trinajstić information content (AvgIpc) is 3.39. The smallest absolute Gasteiger partial charge is 0.102 e. The number of hydrogen-bond acceptors (Lipinski definition) is 3. The number of nitrogens with one attached hydrogen (secondary N) is 1. The molecule has 0 aromatic carbocycles. The topological polar surface area (TPSA) is 36.8 Å². The lowest BCUT2D eigenvalue weighted by Gasteiger charge is -2.18. The van der Waals surface area contributed by atoms with Crippen molar-refractivity contribution in [1.29, 1.82) is 0 Å². The second-order valence-electron chi connectivity index (χ2n) is 7.52. The number of terminal acetylenes is 1. The molecule has 0 saturated heterocycles. The number of hydrogen-bond donors (Lipinski definition) is 1. The molecule has 1 atom stereocenters. The van der Waals surface area contributed by atoms with Gasteiger partial charge in [0, 0.05) is 37.0 Å². The van der Waals surface area contributed by atoms with E-state index >= 15 is 0 Å². The van der Waals surface area contributed by atoms with Crippen LogP contribution in [0.2, 0.25) is 0 Å². The second kappa shape index (κ2) is 9.37. The predicted octanol–water partition coefficient (Wildman–Crippen LogP) is 5.68. The Balaban J connectivity index is 2.39. The largest absolute Gasteiger partial charge is 0.347 e. The van der Waals surface area contributed by atoms with Gasteiger partial charge in [-0.1, -0.05) is 30.9 Å². The highest BCUT2D eigenvalue weighted by atomic mass is 15.0. The molecule has 146 valence electrons. The monoisotopic (exact) mass is 373 g/mol. The van der Waals surface area contributed by atoms with Crippen molar-refractivity contribution < 1.29 is 0 Å². The summed E-state index contributed by atoms with van der Waals surface area (Å²) in [7, 11) is 1.80. The van der Waals surface area contributed by atoms with E-state index in [1.54, 1.807) is 7.05 Å². The molecular formula is C25H31N3. The summed E-state index contributed by atoms with van der Waals surface area (Å²) in [6.45, 7) is 16.5. The first-order valence-electron chi connectivity index (χ1n) is 9.60. The minimum Gasteiger partial charge on any atom is -0.347 e. The molecule has 0 fully saturated rings. The summed E-state index contributed by atoms with van der Waals surface area (Å²) in [4.78, 5) is 8.86. The molecule has 0 amide bonds. The van der Waals surface area contributed by atoms with Crippen LogP contribution in [0, 0.1) is 18.3 Å². The van der Waals surface area contributed by atoms with E-state index in [1.807, 2.05) is 27.0 Å². The fraction of sp³-hybridized carbons (Fsp3) is 0.360. The highest BCUT2D eigenvalue weighted by Gasteiger charge is 2.30. The van der Waals surface area contributed by atoms with E-state index in [0.29, 0.717) is 12.3 Å². The molecule has 1 unspecified atom stereocenters. The van der Waals surface area contributed by atoms with Crippen molar-refractivity contribution in [2.24, 2.45) is 15.9 Å². The highest BCUT2D eigenvalue weighted by Crippen LogP contribution is 2.38. The van der Waals surface area contributed by atoms with Gasteiger partial charge in [-0.25, -0.2) is 4.99 Å². The van der Waals surface area contributed by atoms with E-state index in [-0.39, 0.29) is 0 Å². The lowest BCUT2D eigenvalue weighted by molar-refractivity contribution is 0.948. The first kappa shape index (κ1) is 21.4. The maximum absolute atomic E-state index is 5.66. The third-order valence-corrected chi connectivity index (χ3v) is 4.98. The molecule has 0 spiro atoms. The van der Waals surface area contributed by atoms with Crippen molar-refractivity contribution in [3.05, 3.63) is 70.6 Å². The molecule has 3 heteroatoms. The van der Waals surface area contributed by atoms with Crippen LogP contribution in [-0.4, -0.2) is 18.6 Å². The molecule has 1 heterocycles. The lowest BCUT2D eigenvalue weighted by atomic mass is 9.87. The fourth-order valence-electron chi connectivity index (χ4n) is 3.43. The van der Waals surface area contributed by atoms with Gasteiger partial charge in [-0.3, -0.25) is 4.99 Å². The molecule has 0 aromatic rings. The molecule has 0 saturated carbocycles. The number of amidine groups is 1. The molecule has 1 aliphatic carbocycles. The van der Waals surface area contributed by atoms with Crippen molar-refractivity contribution in [3.63, 3.8) is 0 Å². The SMILES string of the molecule is C#CCC(/C(C)=N\C)=C(C(=C)CC(=C)C)\C(C)=C/CC1=CN=C(C)NC2=CC12. The van der Waals surface area contributed by atoms with Gasteiger partial charge in [0.1, 0.15) is 5.84 Å². The van der Waals surface area contributed by atoms with Gasteiger partial charge >= 0.3 is 0 Å². The quantitative estimate of drug-likeness (QED) is 0.253. The lowest BCUT2D eigenvalue weighted by Crippen LogP contribution is -2.14. The Labute approximate surface area is 170 Å². The zero-order valence-corrected chi connectivity index (χ0v) is 17.8. The number of allylic oxidation sites excluding steroid dienone is 8. The van der Waals surface area contributed by atoms with Gasteiger partial charge in [-0.2, -0.15) is 0 Å². The summed E-state index contributed by atoms with van der Waals surface area (Å²) in [5, 5.41) is 3.32. The molecule has 1 aliphatic heterocycles. The van der Waals surface area contributed by atoms with E-state index < -0.39 is 0 Å². The molecular weight excluding hydrogens is 342 g/mol. The normalized spacial score (nSPS) is 19.7. The highest BCUT2D eigenvalue weighted by molar-refractivity contribution is 6.00. The summed E-state index contributed by atoms with van der Waals surface area (Å²) in [5.74, 6) is 4.11. The Kier molecular flexibility index (Phi) is 7.18. The average molecular weight is 374 g/mol. The summed E-state index contributed by atoms with van der Waals surface area (Å²) >= 11 is 0. The molecule has 0 radical (unpaired) electrons. The van der Waals surface area contributed by atoms with Crippen molar-refractivity contribution >= 4 is 11.5 Å². The van der Waals surface area contributed by atoms with E-state index in [2.05, 4.69) is 53.5 Å². The third kappa shape index (κ3) is 5.33. The van der Waals surface area contributed by atoms with Gasteiger partial charge in [0.05, 0.1) is 0 Å². The summed E-state index contributed by atoms with van der Waals surface area (Å²) in [6.07, 6.45) is 14.3. The van der Waals surface area contributed by atoms with Crippen molar-refractivity contribution in [1.82, 2.24) is 5.32 Å². The van der Waals surface area contributed by atoms with Crippen LogP contribution in [0.15, 0.2) is 80.6 Å². The standard InChI is InChI=1S/C25H31N3/c1-9-10-22(19(6)26-8)25(18(5)13-16(2)3)17(4)11-12-21-15-27-20(7)28-24-14-23(21)24/h1,11,14-15,23H,2,5,10,12-13H2,3-4,6-8H3,(H,27,28)/b17-11-,25-22-,26-19-. The zero-order valence-electron chi connectivity index (χ0n) is 17.8. The molecule has 2 rings (SSSR count). The number of nitrogens with zero attached hydrogens (tertiary/aromatic N) is 2. The van der Waals surface area contributed by atoms with E-state index in [0.717, 1.165) is 46.7 Å². The van der Waals surface area contributed by atoms with Crippen LogP contribution in [0.1, 0.15) is 47.0 Å². The van der Waals surface area contributed by atoms with Crippen LogP contribution in [-0.2, 0) is 0 Å². The van der Waals surface area contributed by atoms with Crippen LogP contribution in [0.3, 0.4) is 0 Å². The summed E-state index contributed by atoms with van der Waals surface area (Å²) < 4.78 is 0. The molecule has 3 nitrogen and oxygen atoms in total. The Morgan fingerprint density at radius 3 is 2.68 bits per heavy atom. The van der Waals surface area contributed by atoms with Gasteiger partial charge in [0.15, 0.2) is 0 Å². The van der Waals surface area contributed by atoms with Gasteiger partial charge in [0.25, 0.3) is 0 Å². The zero-order chi connectivity index (χ0) is 20.8. The van der Waals surface area contributed by atoms with Gasteiger partial charge in [-0.15, -0.1) is 12.3 Å². The minimum absolute atomic E-state index is 0.389. The number of rotatable bonds is 8. The van der Waals surface area contributed by atoms with Gasteiger partial charge < -0.3 is 5.32 Å². The molecule has 1 N–H and O–H groups in total. The molecule has 0 bridgehead atoms. The minimum atomic E-state index is 0.389. The van der Waals surface area contributed by atoms with E-state index in [9.17, 15) is 0 Å². The predicted molar refractivity (Wildman–Crippen MR) is 122 cm³/mol. The van der Waals surface area contributed by atoms with Gasteiger partial charge in [0.2, 0.25) is 0 Å². The maximum atomic E-state index is 5.66. The molecule has 0 aromatic heterocycles. The fourth-order valence-corrected chi connectivity index (χ4v) is 3.43. The van der Waals surface area contributed by atoms with Crippen LogP contribution in [0.4, 0.5) is 0 Å². The number of fused-ring (bicyclic) bond motifs is 1. The Hall–Kier alpha value is -2.86. The van der Waals surface area contributed by atoms with Crippen molar-refractivity contribution in [2.75, 3.05) is 7.05 Å². The first-order chi connectivity index (χ1) is 13.3. The summed E-state index contributed by atoms with van der Waals surface area (Å²) in [6, 6.07) is 0. The maximum Gasteiger partial charge on any atom is 0.102 e. The van der Waals surface area contributed by atoms with E-state index in [4.69, 9.17) is 6.42 Å². The Morgan fingerprint density at radius 1 is 1.36 bits per heavy atom. The molecule has 28 heavy (non-hydrogen) atoms. The van der Waals surface area contributed by atoms with Crippen LogP contribution >= 0.6 is 0 Å². The summed E-state index contributed by atoms with van der Waals surface area (Å²) in [5.41, 5.74) is 8.96. The van der Waals surface area contributed by atoms with Crippen LogP contribution < -0.4 is 5.32 Å². The van der Waals surface area contributed by atoms with Crippen LogP contribution in [0.5, 0.6) is 0 Å². The number of aliphatic imine (C=N–C) groups is 2. The second-order valence-corrected chi connectivity index (χ2v) is 7.52. The Bertz CT molecular complexity index is 908. The molecule has 2 aliphatic rings. The van der Waals surface area contributed by atoms with Crippen LogP contribution in [0.25, 0.3) is 0 Å². The Morgan fingerprint density at radius 2 is 2.07 bits per heavy atom. The van der Waals surface area contributed by atoms with E-state index in [1.165, 1.54) is 16.8 Å². The third-order valence-electron chi connectivity index (χ3n) is 4.98.